The van der Waals surface area contributed by atoms with Crippen LogP contribution in [-0.2, 0) is 15.3 Å². The molecule has 3 aromatic heterocycles. The molecule has 1 unspecified atom stereocenters. The second kappa shape index (κ2) is 12.2. The van der Waals surface area contributed by atoms with Crippen LogP contribution in [0.15, 0.2) is 82.8 Å². The molecule has 43 heavy (non-hydrogen) atoms. The zero-order chi connectivity index (χ0) is 30.1. The predicted molar refractivity (Wildman–Crippen MR) is 168 cm³/mol. The number of aryl methyl sites for hydroxylation is 1. The smallest absolute Gasteiger partial charge is 0.301 e. The molecule has 5 aromatic rings. The van der Waals surface area contributed by atoms with Crippen molar-refractivity contribution >= 4 is 62.9 Å². The van der Waals surface area contributed by atoms with Gasteiger partial charge >= 0.3 is 5.91 Å². The summed E-state index contributed by atoms with van der Waals surface area (Å²) in [6, 6.07) is 19.2. The van der Waals surface area contributed by atoms with Gasteiger partial charge in [-0.2, -0.15) is 0 Å². The molecule has 1 aliphatic heterocycles. The van der Waals surface area contributed by atoms with Gasteiger partial charge in [0.05, 0.1) is 23.9 Å². The summed E-state index contributed by atoms with van der Waals surface area (Å²) in [6.45, 7) is 4.27. The lowest BCUT2D eigenvalue weighted by molar-refractivity contribution is -0.132. The molecule has 4 heterocycles. The Morgan fingerprint density at radius 2 is 1.91 bits per heavy atom. The molecule has 1 aliphatic rings. The van der Waals surface area contributed by atoms with Crippen molar-refractivity contribution in [3.63, 3.8) is 0 Å². The fourth-order valence-electron chi connectivity index (χ4n) is 4.95. The first kappa shape index (κ1) is 28.9. The lowest BCUT2D eigenvalue weighted by Gasteiger charge is -2.23. The lowest BCUT2D eigenvalue weighted by Crippen LogP contribution is -2.29. The molecule has 0 spiro atoms. The fourth-order valence-corrected chi connectivity index (χ4v) is 6.90. The molecule has 1 N–H and O–H groups in total. The van der Waals surface area contributed by atoms with Gasteiger partial charge in [-0.1, -0.05) is 72.0 Å². The van der Waals surface area contributed by atoms with Crippen molar-refractivity contribution < 1.29 is 19.4 Å². The van der Waals surface area contributed by atoms with E-state index in [2.05, 4.69) is 15.2 Å². The standard InChI is InChI=1S/C31H26ClN5O4S2/c1-3-15-41-22-8-6-7-20(16-22)26-24(27(38)25-18(2)33-23-9-4-5-14-36(23)25)28(39)29(40)37(26)30-34-35-31(43-30)42-17-19-10-12-21(32)13-11-19/h4-14,16,26,38H,3,15,17H2,1-2H3/b27-24+. The number of carbonyl (C=O) groups is 2. The van der Waals surface area contributed by atoms with Crippen molar-refractivity contribution in [3.05, 3.63) is 106 Å². The van der Waals surface area contributed by atoms with Gasteiger partial charge in [0.2, 0.25) is 5.13 Å². The van der Waals surface area contributed by atoms with E-state index < -0.39 is 17.7 Å². The molecule has 1 atom stereocenters. The normalized spacial score (nSPS) is 16.3. The van der Waals surface area contributed by atoms with Gasteiger partial charge in [0.1, 0.15) is 17.1 Å². The maximum absolute atomic E-state index is 13.7. The molecule has 1 amide bonds. The number of rotatable bonds is 9. The van der Waals surface area contributed by atoms with Gasteiger partial charge in [0, 0.05) is 17.0 Å². The Kier molecular flexibility index (Phi) is 8.20. The van der Waals surface area contributed by atoms with Gasteiger partial charge in [-0.15, -0.1) is 10.2 Å². The highest BCUT2D eigenvalue weighted by molar-refractivity contribution is 8.00. The number of ketones is 1. The number of imidazole rings is 1. The molecule has 0 saturated carbocycles. The summed E-state index contributed by atoms with van der Waals surface area (Å²) in [7, 11) is 0. The largest absolute Gasteiger partial charge is 0.505 e. The Hall–Kier alpha value is -4.19. The molecular weight excluding hydrogens is 606 g/mol. The molecule has 6 rings (SSSR count). The first-order valence-electron chi connectivity index (χ1n) is 13.5. The maximum atomic E-state index is 13.7. The van der Waals surface area contributed by atoms with Crippen LogP contribution in [0.3, 0.4) is 0 Å². The first-order chi connectivity index (χ1) is 20.9. The van der Waals surface area contributed by atoms with Crippen molar-refractivity contribution in [1.29, 1.82) is 0 Å². The van der Waals surface area contributed by atoms with Crippen molar-refractivity contribution in [1.82, 2.24) is 19.6 Å². The Bertz CT molecular complexity index is 1870. The van der Waals surface area contributed by atoms with E-state index >= 15 is 0 Å². The Morgan fingerprint density at radius 3 is 2.70 bits per heavy atom. The highest BCUT2D eigenvalue weighted by Crippen LogP contribution is 2.45. The topological polar surface area (TPSA) is 110 Å². The predicted octanol–water partition coefficient (Wildman–Crippen LogP) is 6.86. The number of hydrogen-bond donors (Lipinski definition) is 1. The van der Waals surface area contributed by atoms with Crippen LogP contribution >= 0.6 is 34.7 Å². The van der Waals surface area contributed by atoms with Crippen LogP contribution in [0.5, 0.6) is 5.75 Å². The monoisotopic (exact) mass is 631 g/mol. The number of pyridine rings is 1. The number of hydrogen-bond acceptors (Lipinski definition) is 9. The number of aromatic nitrogens is 4. The average molecular weight is 632 g/mol. The second-order valence-electron chi connectivity index (χ2n) is 9.83. The van der Waals surface area contributed by atoms with Crippen molar-refractivity contribution in [2.75, 3.05) is 11.5 Å². The number of ether oxygens (including phenoxy) is 1. The van der Waals surface area contributed by atoms with E-state index in [0.717, 1.165) is 12.0 Å². The number of aliphatic hydroxyl groups is 1. The van der Waals surface area contributed by atoms with Crippen LogP contribution in [0, 0.1) is 6.92 Å². The molecule has 9 nitrogen and oxygen atoms in total. The van der Waals surface area contributed by atoms with Crippen LogP contribution in [0.25, 0.3) is 11.4 Å². The number of nitrogens with zero attached hydrogens (tertiary/aromatic N) is 5. The van der Waals surface area contributed by atoms with E-state index in [-0.39, 0.29) is 16.5 Å². The van der Waals surface area contributed by atoms with Gasteiger partial charge < -0.3 is 9.84 Å². The molecule has 0 aliphatic carbocycles. The Morgan fingerprint density at radius 1 is 1.09 bits per heavy atom. The molecular formula is C31H26ClN5O4S2. The number of aliphatic hydroxyl groups excluding tert-OH is 1. The van der Waals surface area contributed by atoms with E-state index in [1.54, 1.807) is 47.9 Å². The summed E-state index contributed by atoms with van der Waals surface area (Å²) < 4.78 is 8.19. The molecule has 1 fully saturated rings. The number of fused-ring (bicyclic) bond motifs is 1. The minimum absolute atomic E-state index is 0.0584. The fraction of sp³-hybridized carbons (Fsp3) is 0.194. The minimum atomic E-state index is -0.971. The molecule has 0 radical (unpaired) electrons. The van der Waals surface area contributed by atoms with E-state index in [1.165, 1.54) is 28.0 Å². The average Bonchev–Trinajstić information content (AvgIpc) is 3.69. The van der Waals surface area contributed by atoms with Crippen LogP contribution in [0.1, 0.15) is 41.9 Å². The quantitative estimate of drug-likeness (QED) is 0.0618. The van der Waals surface area contributed by atoms with Crippen LogP contribution in [-0.4, -0.2) is 43.0 Å². The minimum Gasteiger partial charge on any atom is -0.505 e. The number of anilines is 1. The van der Waals surface area contributed by atoms with Gasteiger partial charge in [0.15, 0.2) is 10.1 Å². The third kappa shape index (κ3) is 5.63. The SMILES string of the molecule is CCCOc1cccc(C2/C(=C(\O)c3c(C)nc4ccccn34)C(=O)C(=O)N2c2nnc(SCc3ccc(Cl)cc3)s2)c1. The van der Waals surface area contributed by atoms with Gasteiger partial charge in [-0.25, -0.2) is 4.98 Å². The number of benzene rings is 2. The van der Waals surface area contributed by atoms with Crippen molar-refractivity contribution in [2.24, 2.45) is 0 Å². The van der Waals surface area contributed by atoms with Crippen molar-refractivity contribution in [3.8, 4) is 5.75 Å². The van der Waals surface area contributed by atoms with Gasteiger partial charge in [-0.05, 0) is 60.9 Å². The van der Waals surface area contributed by atoms with Crippen LogP contribution < -0.4 is 9.64 Å². The zero-order valence-electron chi connectivity index (χ0n) is 23.2. The zero-order valence-corrected chi connectivity index (χ0v) is 25.6. The Labute approximate surface area is 260 Å². The lowest BCUT2D eigenvalue weighted by atomic mass is 9.96. The summed E-state index contributed by atoms with van der Waals surface area (Å²) in [4.78, 5) is 33.3. The number of thioether (sulfide) groups is 1. The van der Waals surface area contributed by atoms with E-state index in [4.69, 9.17) is 16.3 Å². The molecule has 2 aromatic carbocycles. The maximum Gasteiger partial charge on any atom is 0.301 e. The van der Waals surface area contributed by atoms with Gasteiger partial charge in [0.25, 0.3) is 5.78 Å². The van der Waals surface area contributed by atoms with Crippen LogP contribution in [0.2, 0.25) is 5.02 Å². The number of amides is 1. The first-order valence-corrected chi connectivity index (χ1v) is 15.7. The molecule has 0 bridgehead atoms. The van der Waals surface area contributed by atoms with E-state index in [9.17, 15) is 14.7 Å². The number of carbonyl (C=O) groups excluding carboxylic acids is 2. The number of halogens is 1. The van der Waals surface area contributed by atoms with E-state index in [1.807, 2.05) is 43.3 Å². The summed E-state index contributed by atoms with van der Waals surface area (Å²) in [5.74, 6) is -0.726. The summed E-state index contributed by atoms with van der Waals surface area (Å²) >= 11 is 8.68. The third-order valence-electron chi connectivity index (χ3n) is 6.90. The highest BCUT2D eigenvalue weighted by Gasteiger charge is 2.49. The molecule has 12 heteroatoms. The Balaban J connectivity index is 1.44. The second-order valence-corrected chi connectivity index (χ2v) is 12.4. The number of Topliss-reactive ketones (excluding diaryl/α,β-unsaturated/α-hetero) is 1. The summed E-state index contributed by atoms with van der Waals surface area (Å²) in [5, 5.41) is 21.3. The molecule has 1 saturated heterocycles. The van der Waals surface area contributed by atoms with Crippen LogP contribution in [0.4, 0.5) is 5.13 Å². The van der Waals surface area contributed by atoms with Crippen molar-refractivity contribution in [2.45, 2.75) is 36.4 Å². The highest BCUT2D eigenvalue weighted by atomic mass is 35.5. The third-order valence-corrected chi connectivity index (χ3v) is 9.28. The molecule has 218 valence electrons. The van der Waals surface area contributed by atoms with E-state index in [0.29, 0.717) is 50.1 Å². The van der Waals surface area contributed by atoms with Gasteiger partial charge in [-0.3, -0.25) is 18.9 Å². The summed E-state index contributed by atoms with van der Waals surface area (Å²) in [5.41, 5.74) is 3.05. The summed E-state index contributed by atoms with van der Waals surface area (Å²) in [6.07, 6.45) is 2.57.